The van der Waals surface area contributed by atoms with Crippen molar-refractivity contribution < 1.29 is 28.2 Å². The Bertz CT molecular complexity index is 1070. The molecule has 0 spiro atoms. The van der Waals surface area contributed by atoms with Gasteiger partial charge in [-0.25, -0.2) is 9.18 Å². The molecule has 0 heterocycles. The first kappa shape index (κ1) is 20.8. The Morgan fingerprint density at radius 1 is 0.833 bits per heavy atom. The number of rotatable bonds is 7. The fourth-order valence-corrected chi connectivity index (χ4v) is 2.64. The summed E-state index contributed by atoms with van der Waals surface area (Å²) in [7, 11) is 3.00. The molecule has 3 aromatic carbocycles. The average molecular weight is 406 g/mol. The Morgan fingerprint density at radius 2 is 1.47 bits per heavy atom. The van der Waals surface area contributed by atoms with Gasteiger partial charge in [-0.2, -0.15) is 0 Å². The predicted molar refractivity (Wildman–Crippen MR) is 111 cm³/mol. The highest BCUT2D eigenvalue weighted by atomic mass is 19.1. The predicted octanol–water partition coefficient (Wildman–Crippen LogP) is 4.96. The molecule has 0 aliphatic rings. The summed E-state index contributed by atoms with van der Waals surface area (Å²) in [6, 6.07) is 16.7. The number of carbonyl (C=O) groups excluding carboxylic acids is 2. The molecule has 0 aliphatic carbocycles. The minimum absolute atomic E-state index is 0.0731. The van der Waals surface area contributed by atoms with Gasteiger partial charge in [0.05, 0.1) is 25.3 Å². The molecule has 0 fully saturated rings. The Morgan fingerprint density at radius 3 is 2.10 bits per heavy atom. The van der Waals surface area contributed by atoms with Gasteiger partial charge in [-0.05, 0) is 60.2 Å². The molecule has 152 valence electrons. The fraction of sp³-hybridized carbons (Fsp3) is 0.0833. The average Bonchev–Trinajstić information content (AvgIpc) is 2.78. The van der Waals surface area contributed by atoms with Gasteiger partial charge < -0.3 is 14.2 Å². The first-order chi connectivity index (χ1) is 14.5. The molecule has 6 heteroatoms. The second-order valence-electron chi connectivity index (χ2n) is 6.23. The zero-order chi connectivity index (χ0) is 21.5. The van der Waals surface area contributed by atoms with Gasteiger partial charge >= 0.3 is 5.97 Å². The second kappa shape index (κ2) is 9.52. The van der Waals surface area contributed by atoms with E-state index in [4.69, 9.17) is 14.2 Å². The van der Waals surface area contributed by atoms with Crippen LogP contribution in [0.5, 0.6) is 17.2 Å². The number of allylic oxidation sites excluding steroid dienone is 1. The van der Waals surface area contributed by atoms with Crippen LogP contribution in [0.2, 0.25) is 0 Å². The molecule has 0 aromatic heterocycles. The van der Waals surface area contributed by atoms with E-state index in [-0.39, 0.29) is 22.9 Å². The van der Waals surface area contributed by atoms with Crippen molar-refractivity contribution in [2.24, 2.45) is 0 Å². The Hall–Kier alpha value is -3.93. The lowest BCUT2D eigenvalue weighted by Gasteiger charge is -2.10. The van der Waals surface area contributed by atoms with Crippen molar-refractivity contribution in [2.45, 2.75) is 0 Å². The molecule has 0 saturated heterocycles. The summed E-state index contributed by atoms with van der Waals surface area (Å²) in [6.45, 7) is 0. The van der Waals surface area contributed by atoms with Gasteiger partial charge in [0.1, 0.15) is 23.1 Å². The topological polar surface area (TPSA) is 61.8 Å². The van der Waals surface area contributed by atoms with Gasteiger partial charge in [0.2, 0.25) is 0 Å². The van der Waals surface area contributed by atoms with Gasteiger partial charge in [0.25, 0.3) is 0 Å². The third-order valence-electron chi connectivity index (χ3n) is 4.28. The van der Waals surface area contributed by atoms with E-state index < -0.39 is 5.97 Å². The third-order valence-corrected chi connectivity index (χ3v) is 4.28. The first-order valence-corrected chi connectivity index (χ1v) is 9.02. The van der Waals surface area contributed by atoms with Gasteiger partial charge in [0, 0.05) is 6.07 Å². The molecule has 0 saturated carbocycles. The summed E-state index contributed by atoms with van der Waals surface area (Å²) in [5.74, 6) is -0.242. The van der Waals surface area contributed by atoms with E-state index in [9.17, 15) is 14.0 Å². The molecular formula is C24H19FO5. The van der Waals surface area contributed by atoms with Crippen LogP contribution in [-0.2, 0) is 0 Å². The molecule has 0 radical (unpaired) electrons. The largest absolute Gasteiger partial charge is 0.497 e. The SMILES string of the molecule is COc1ccc(C(=O)Oc2cc(OC)ccc2C(=O)/C=C/c2ccc(F)cc2)cc1. The Balaban J connectivity index is 1.84. The molecule has 0 unspecified atom stereocenters. The van der Waals surface area contributed by atoms with Crippen LogP contribution in [-0.4, -0.2) is 26.0 Å². The van der Waals surface area contributed by atoms with Crippen molar-refractivity contribution in [3.05, 3.63) is 95.3 Å². The van der Waals surface area contributed by atoms with Crippen molar-refractivity contribution >= 4 is 17.8 Å². The van der Waals surface area contributed by atoms with E-state index in [2.05, 4.69) is 0 Å². The molecule has 3 rings (SSSR count). The number of hydrogen-bond donors (Lipinski definition) is 0. The van der Waals surface area contributed by atoms with Crippen LogP contribution >= 0.6 is 0 Å². The van der Waals surface area contributed by atoms with E-state index in [1.165, 1.54) is 44.6 Å². The lowest BCUT2D eigenvalue weighted by atomic mass is 10.1. The highest BCUT2D eigenvalue weighted by Gasteiger charge is 2.16. The van der Waals surface area contributed by atoms with Crippen molar-refractivity contribution in [1.82, 2.24) is 0 Å². The first-order valence-electron chi connectivity index (χ1n) is 9.02. The van der Waals surface area contributed by atoms with Crippen molar-refractivity contribution in [3.8, 4) is 17.2 Å². The van der Waals surface area contributed by atoms with Crippen molar-refractivity contribution in [1.29, 1.82) is 0 Å². The smallest absolute Gasteiger partial charge is 0.343 e. The molecule has 30 heavy (non-hydrogen) atoms. The van der Waals surface area contributed by atoms with Crippen LogP contribution in [0.15, 0.2) is 72.8 Å². The monoisotopic (exact) mass is 406 g/mol. The maximum Gasteiger partial charge on any atom is 0.343 e. The number of halogens is 1. The van der Waals surface area contributed by atoms with E-state index in [1.807, 2.05) is 0 Å². The van der Waals surface area contributed by atoms with E-state index in [0.29, 0.717) is 22.6 Å². The number of carbonyl (C=O) groups is 2. The van der Waals surface area contributed by atoms with E-state index in [0.717, 1.165) is 0 Å². The molecule has 3 aromatic rings. The number of ether oxygens (including phenoxy) is 3. The van der Waals surface area contributed by atoms with Gasteiger partial charge in [0.15, 0.2) is 5.78 Å². The number of hydrogen-bond acceptors (Lipinski definition) is 5. The van der Waals surface area contributed by atoms with Crippen LogP contribution in [0.3, 0.4) is 0 Å². The number of ketones is 1. The highest BCUT2D eigenvalue weighted by Crippen LogP contribution is 2.27. The number of methoxy groups -OCH3 is 2. The van der Waals surface area contributed by atoms with Crippen LogP contribution in [0.4, 0.5) is 4.39 Å². The van der Waals surface area contributed by atoms with Crippen LogP contribution in [0, 0.1) is 5.82 Å². The summed E-state index contributed by atoms with van der Waals surface area (Å²) >= 11 is 0. The lowest BCUT2D eigenvalue weighted by Crippen LogP contribution is -2.11. The summed E-state index contributed by atoms with van der Waals surface area (Å²) < 4.78 is 28.7. The second-order valence-corrected chi connectivity index (χ2v) is 6.23. The van der Waals surface area contributed by atoms with Gasteiger partial charge in [-0.15, -0.1) is 0 Å². The van der Waals surface area contributed by atoms with Crippen LogP contribution in [0.25, 0.3) is 6.08 Å². The minimum Gasteiger partial charge on any atom is -0.497 e. The fourth-order valence-electron chi connectivity index (χ4n) is 2.64. The normalized spacial score (nSPS) is 10.6. The number of benzene rings is 3. The molecule has 0 aliphatic heterocycles. The summed E-state index contributed by atoms with van der Waals surface area (Å²) in [6.07, 6.45) is 2.89. The van der Waals surface area contributed by atoms with Crippen LogP contribution < -0.4 is 14.2 Å². The third kappa shape index (κ3) is 5.11. The number of esters is 1. The molecule has 0 N–H and O–H groups in total. The van der Waals surface area contributed by atoms with Gasteiger partial charge in [-0.3, -0.25) is 4.79 Å². The summed E-state index contributed by atoms with van der Waals surface area (Å²) in [5.41, 5.74) is 1.16. The highest BCUT2D eigenvalue weighted by molar-refractivity contribution is 6.09. The van der Waals surface area contributed by atoms with Crippen molar-refractivity contribution in [2.75, 3.05) is 14.2 Å². The van der Waals surface area contributed by atoms with Crippen molar-refractivity contribution in [3.63, 3.8) is 0 Å². The molecular weight excluding hydrogens is 387 g/mol. The van der Waals surface area contributed by atoms with E-state index in [1.54, 1.807) is 48.5 Å². The molecule has 0 atom stereocenters. The zero-order valence-electron chi connectivity index (χ0n) is 16.4. The molecule has 0 bridgehead atoms. The minimum atomic E-state index is -0.623. The standard InChI is InChI=1S/C24H19FO5/c1-28-19-10-6-17(7-11-19)24(27)30-23-15-20(29-2)12-13-21(23)22(26)14-5-16-3-8-18(25)9-4-16/h3-15H,1-2H3/b14-5+. The zero-order valence-corrected chi connectivity index (χ0v) is 16.4. The molecule has 0 amide bonds. The van der Waals surface area contributed by atoms with E-state index >= 15 is 0 Å². The van der Waals surface area contributed by atoms with Gasteiger partial charge in [-0.1, -0.05) is 18.2 Å². The Kier molecular flexibility index (Phi) is 6.60. The molecule has 5 nitrogen and oxygen atoms in total. The maximum absolute atomic E-state index is 13.0. The summed E-state index contributed by atoms with van der Waals surface area (Å²) in [4.78, 5) is 25.2. The lowest BCUT2D eigenvalue weighted by molar-refractivity contribution is 0.0732. The maximum atomic E-state index is 13.0. The van der Waals surface area contributed by atoms with Crippen LogP contribution in [0.1, 0.15) is 26.3 Å². The Labute approximate surface area is 173 Å². The quantitative estimate of drug-likeness (QED) is 0.240. The summed E-state index contributed by atoms with van der Waals surface area (Å²) in [5, 5.41) is 0.